The first kappa shape index (κ1) is 11.8. The first-order valence-corrected chi connectivity index (χ1v) is 5.84. The third-order valence-electron chi connectivity index (χ3n) is 3.44. The third kappa shape index (κ3) is 1.80. The number of pyridine rings is 1. The van der Waals surface area contributed by atoms with Crippen LogP contribution in [0.3, 0.4) is 0 Å². The summed E-state index contributed by atoms with van der Waals surface area (Å²) in [6, 6.07) is 0.748. The summed E-state index contributed by atoms with van der Waals surface area (Å²) in [5.74, 6) is -0.303. The molecule has 3 heterocycles. The van der Waals surface area contributed by atoms with Gasteiger partial charge in [0.25, 0.3) is 11.6 Å². The number of nitrogens with zero attached hydrogens (tertiary/aromatic N) is 3. The molecule has 0 saturated carbocycles. The Balaban J connectivity index is 2.03. The van der Waals surface area contributed by atoms with Crippen LogP contribution in [0, 0.1) is 10.1 Å². The summed E-state index contributed by atoms with van der Waals surface area (Å²) in [7, 11) is 0. The van der Waals surface area contributed by atoms with Crippen molar-refractivity contribution in [2.24, 2.45) is 0 Å². The van der Waals surface area contributed by atoms with E-state index >= 15 is 0 Å². The van der Waals surface area contributed by atoms with E-state index in [1.807, 2.05) is 0 Å². The van der Waals surface area contributed by atoms with Gasteiger partial charge in [-0.3, -0.25) is 14.9 Å². The number of hydrogen-bond donors (Lipinski definition) is 1. The molecule has 1 amide bonds. The van der Waals surface area contributed by atoms with E-state index < -0.39 is 17.1 Å². The maximum absolute atomic E-state index is 12.3. The van der Waals surface area contributed by atoms with Gasteiger partial charge in [-0.1, -0.05) is 0 Å². The van der Waals surface area contributed by atoms with Crippen molar-refractivity contribution in [2.75, 3.05) is 13.2 Å². The summed E-state index contributed by atoms with van der Waals surface area (Å²) in [4.78, 5) is 27.7. The summed E-state index contributed by atoms with van der Waals surface area (Å²) in [6.07, 6.45) is 0.907. The van der Waals surface area contributed by atoms with E-state index in [1.54, 1.807) is 0 Å². The summed E-state index contributed by atoms with van der Waals surface area (Å²) >= 11 is 0. The molecule has 1 N–H and O–H groups in total. The van der Waals surface area contributed by atoms with Gasteiger partial charge in [-0.2, -0.15) is 0 Å². The van der Waals surface area contributed by atoms with Crippen molar-refractivity contribution in [3.8, 4) is 5.88 Å². The molecule has 1 fully saturated rings. The fourth-order valence-corrected chi connectivity index (χ4v) is 2.42. The largest absolute Gasteiger partial charge is 0.475 e. The molecule has 0 bridgehead atoms. The van der Waals surface area contributed by atoms with Crippen molar-refractivity contribution in [1.29, 1.82) is 0 Å². The average Bonchev–Trinajstić information content (AvgIpc) is 2.69. The Bertz CT molecular complexity index is 561. The van der Waals surface area contributed by atoms with Gasteiger partial charge in [-0.05, 0) is 6.42 Å². The van der Waals surface area contributed by atoms with E-state index in [9.17, 15) is 20.0 Å². The van der Waals surface area contributed by atoms with Crippen LogP contribution in [0.15, 0.2) is 12.3 Å². The molecule has 1 aromatic rings. The van der Waals surface area contributed by atoms with Gasteiger partial charge in [-0.25, -0.2) is 4.98 Å². The Morgan fingerprint density at radius 3 is 3.11 bits per heavy atom. The van der Waals surface area contributed by atoms with Crippen molar-refractivity contribution in [3.63, 3.8) is 0 Å². The highest BCUT2D eigenvalue weighted by Crippen LogP contribution is 2.30. The van der Waals surface area contributed by atoms with Crippen LogP contribution in [0.1, 0.15) is 16.8 Å². The molecule has 8 nitrogen and oxygen atoms in total. The van der Waals surface area contributed by atoms with Gasteiger partial charge in [0.15, 0.2) is 0 Å². The number of rotatable bonds is 1. The molecule has 0 spiro atoms. The number of aromatic nitrogens is 1. The Kier molecular flexibility index (Phi) is 2.59. The topological polar surface area (TPSA) is 106 Å². The molecule has 3 rings (SSSR count). The van der Waals surface area contributed by atoms with Crippen LogP contribution < -0.4 is 4.74 Å². The van der Waals surface area contributed by atoms with Gasteiger partial charge in [0.2, 0.25) is 5.88 Å². The molecule has 1 aromatic heterocycles. The molecule has 0 aliphatic carbocycles. The van der Waals surface area contributed by atoms with Crippen molar-refractivity contribution in [1.82, 2.24) is 9.88 Å². The Labute approximate surface area is 107 Å². The average molecular weight is 265 g/mol. The number of carbonyl (C=O) groups is 1. The highest BCUT2D eigenvalue weighted by molar-refractivity contribution is 5.97. The zero-order valence-corrected chi connectivity index (χ0v) is 9.85. The first-order chi connectivity index (χ1) is 9.08. The second-order valence-corrected chi connectivity index (χ2v) is 4.54. The molecule has 0 unspecified atom stereocenters. The minimum absolute atomic E-state index is 0.0748. The summed E-state index contributed by atoms with van der Waals surface area (Å²) in [5, 5.41) is 20.5. The van der Waals surface area contributed by atoms with Crippen LogP contribution in [-0.2, 0) is 0 Å². The predicted octanol–water partition coefficient (Wildman–Crippen LogP) is -0.0424. The lowest BCUT2D eigenvalue weighted by Crippen LogP contribution is -2.41. The van der Waals surface area contributed by atoms with Crippen LogP contribution in [-0.4, -0.2) is 51.1 Å². The van der Waals surface area contributed by atoms with Gasteiger partial charge in [-0.15, -0.1) is 0 Å². The molecular weight excluding hydrogens is 254 g/mol. The van der Waals surface area contributed by atoms with Gasteiger partial charge in [0.05, 0.1) is 17.1 Å². The number of aliphatic hydroxyl groups excluding tert-OH is 1. The zero-order valence-electron chi connectivity index (χ0n) is 9.85. The highest BCUT2D eigenvalue weighted by Gasteiger charge is 2.40. The SMILES string of the molecule is O=C1c2cc([N+](=O)[O-])cnc2OC[C@H]2[C@H](O)CCN12. The fraction of sp³-hybridized carbons (Fsp3) is 0.455. The fourth-order valence-electron chi connectivity index (χ4n) is 2.42. The van der Waals surface area contributed by atoms with Crippen molar-refractivity contribution < 1.29 is 19.6 Å². The van der Waals surface area contributed by atoms with Crippen LogP contribution in [0.2, 0.25) is 0 Å². The van der Waals surface area contributed by atoms with E-state index in [0.29, 0.717) is 13.0 Å². The van der Waals surface area contributed by atoms with E-state index in [2.05, 4.69) is 4.98 Å². The molecule has 19 heavy (non-hydrogen) atoms. The molecular formula is C11H11N3O5. The van der Waals surface area contributed by atoms with Crippen molar-refractivity contribution in [2.45, 2.75) is 18.6 Å². The number of carbonyl (C=O) groups excluding carboxylic acids is 1. The van der Waals surface area contributed by atoms with Gasteiger partial charge >= 0.3 is 0 Å². The molecule has 1 saturated heterocycles. The molecule has 0 radical (unpaired) electrons. The number of nitro groups is 1. The van der Waals surface area contributed by atoms with Crippen LogP contribution in [0.4, 0.5) is 5.69 Å². The monoisotopic (exact) mass is 265 g/mol. The Hall–Kier alpha value is -2.22. The third-order valence-corrected chi connectivity index (χ3v) is 3.44. The number of amides is 1. The maximum Gasteiger partial charge on any atom is 0.288 e. The lowest BCUT2D eigenvalue weighted by molar-refractivity contribution is -0.385. The molecule has 0 aromatic carbocycles. The van der Waals surface area contributed by atoms with Crippen LogP contribution in [0.5, 0.6) is 5.88 Å². The van der Waals surface area contributed by atoms with Crippen LogP contribution >= 0.6 is 0 Å². The lowest BCUT2D eigenvalue weighted by atomic mass is 10.2. The molecule has 2 aliphatic rings. The molecule has 2 aliphatic heterocycles. The normalized spacial score (nSPS) is 25.3. The Morgan fingerprint density at radius 2 is 2.37 bits per heavy atom. The van der Waals surface area contributed by atoms with Crippen molar-refractivity contribution in [3.05, 3.63) is 27.9 Å². The first-order valence-electron chi connectivity index (χ1n) is 5.84. The van der Waals surface area contributed by atoms with E-state index in [1.165, 1.54) is 4.90 Å². The van der Waals surface area contributed by atoms with E-state index in [4.69, 9.17) is 4.74 Å². The molecule has 2 atom stereocenters. The minimum atomic E-state index is -0.631. The number of fused-ring (bicyclic) bond motifs is 2. The maximum atomic E-state index is 12.3. The highest BCUT2D eigenvalue weighted by atomic mass is 16.6. The summed E-state index contributed by atoms with van der Waals surface area (Å²) < 4.78 is 5.38. The Morgan fingerprint density at radius 1 is 1.58 bits per heavy atom. The standard InChI is InChI=1S/C11H11N3O5/c15-9-1-2-13-8(9)5-19-10-7(11(13)16)3-6(4-12-10)14(17)18/h3-4,8-9,15H,1-2,5H2/t8-,9+/m0/s1. The summed E-state index contributed by atoms with van der Waals surface area (Å²) in [5.41, 5.74) is -0.181. The molecule has 100 valence electrons. The van der Waals surface area contributed by atoms with Gasteiger partial charge in [0, 0.05) is 12.6 Å². The smallest absolute Gasteiger partial charge is 0.288 e. The minimum Gasteiger partial charge on any atom is -0.475 e. The second kappa shape index (κ2) is 4.16. The zero-order chi connectivity index (χ0) is 13.6. The molecule has 8 heteroatoms. The van der Waals surface area contributed by atoms with Gasteiger partial charge < -0.3 is 14.7 Å². The second-order valence-electron chi connectivity index (χ2n) is 4.54. The lowest BCUT2D eigenvalue weighted by Gasteiger charge is -2.22. The summed E-state index contributed by atoms with van der Waals surface area (Å²) in [6.45, 7) is 0.556. The number of aliphatic hydroxyl groups is 1. The van der Waals surface area contributed by atoms with Crippen LogP contribution in [0.25, 0.3) is 0 Å². The van der Waals surface area contributed by atoms with E-state index in [-0.39, 0.29) is 29.6 Å². The number of ether oxygens (including phenoxy) is 1. The van der Waals surface area contributed by atoms with Crippen molar-refractivity contribution >= 4 is 11.6 Å². The van der Waals surface area contributed by atoms with E-state index in [0.717, 1.165) is 12.3 Å². The predicted molar refractivity (Wildman–Crippen MR) is 61.8 cm³/mol. The van der Waals surface area contributed by atoms with Gasteiger partial charge in [0.1, 0.15) is 18.4 Å². The quantitative estimate of drug-likeness (QED) is 0.564. The number of hydrogen-bond acceptors (Lipinski definition) is 6.